The molecule has 0 aliphatic rings. The fraction of sp³-hybridized carbons (Fsp3) is 0.133. The van der Waals surface area contributed by atoms with Crippen molar-refractivity contribution in [3.8, 4) is 0 Å². The van der Waals surface area contributed by atoms with Crippen LogP contribution in [0.2, 0.25) is 5.02 Å². The van der Waals surface area contributed by atoms with Crippen molar-refractivity contribution in [2.24, 2.45) is 0 Å². The zero-order valence-electron chi connectivity index (χ0n) is 10.3. The van der Waals surface area contributed by atoms with E-state index in [1.807, 2.05) is 30.3 Å². The average molecular weight is 276 g/mol. The zero-order valence-corrected chi connectivity index (χ0v) is 11.1. The molecule has 0 heterocycles. The number of halogens is 1. The molecule has 0 fully saturated rings. The monoisotopic (exact) mass is 275 g/mol. The molecule has 2 N–H and O–H groups in total. The first kappa shape index (κ1) is 13.4. The molecule has 0 unspecified atom stereocenters. The van der Waals surface area contributed by atoms with Crippen molar-refractivity contribution in [2.75, 3.05) is 5.73 Å². The molecule has 2 aromatic carbocycles. The van der Waals surface area contributed by atoms with Gasteiger partial charge < -0.3 is 10.5 Å². The number of anilines is 1. The van der Waals surface area contributed by atoms with Gasteiger partial charge in [-0.05, 0) is 23.8 Å². The summed E-state index contributed by atoms with van der Waals surface area (Å²) in [4.78, 5) is 11.7. The number of hydrogen-bond acceptors (Lipinski definition) is 3. The highest BCUT2D eigenvalue weighted by Gasteiger charge is 2.07. The first-order valence-electron chi connectivity index (χ1n) is 5.88. The van der Waals surface area contributed by atoms with Crippen LogP contribution < -0.4 is 5.73 Å². The van der Waals surface area contributed by atoms with Gasteiger partial charge in [0, 0.05) is 16.3 Å². The van der Waals surface area contributed by atoms with E-state index in [1.54, 1.807) is 18.2 Å². The van der Waals surface area contributed by atoms with Gasteiger partial charge in [-0.2, -0.15) is 0 Å². The van der Waals surface area contributed by atoms with E-state index in [4.69, 9.17) is 22.1 Å². The van der Waals surface area contributed by atoms with Crippen LogP contribution in [0.5, 0.6) is 0 Å². The Bertz CT molecular complexity index is 584. The first-order chi connectivity index (χ1) is 9.15. The standard InChI is InChI=1S/C15H14ClNO2/c16-14-7-2-1-5-12(14)10-19-15(18)9-11-4-3-6-13(17)8-11/h1-8H,9-10,17H2. The quantitative estimate of drug-likeness (QED) is 0.689. The number of nitrogen functional groups attached to an aromatic ring is 1. The molecule has 0 spiro atoms. The van der Waals surface area contributed by atoms with Crippen LogP contribution in [-0.2, 0) is 22.6 Å². The van der Waals surface area contributed by atoms with Gasteiger partial charge >= 0.3 is 5.97 Å². The number of carbonyl (C=O) groups excluding carboxylic acids is 1. The molecule has 0 atom stereocenters. The van der Waals surface area contributed by atoms with Gasteiger partial charge in [-0.25, -0.2) is 0 Å². The summed E-state index contributed by atoms with van der Waals surface area (Å²) >= 11 is 5.98. The summed E-state index contributed by atoms with van der Waals surface area (Å²) < 4.78 is 5.19. The van der Waals surface area contributed by atoms with Crippen LogP contribution in [0.1, 0.15) is 11.1 Å². The second kappa shape index (κ2) is 6.25. The summed E-state index contributed by atoms with van der Waals surface area (Å²) in [6.07, 6.45) is 0.204. The number of hydrogen-bond donors (Lipinski definition) is 1. The molecule has 0 aliphatic heterocycles. The Morgan fingerprint density at radius 2 is 1.95 bits per heavy atom. The topological polar surface area (TPSA) is 52.3 Å². The molecule has 98 valence electrons. The molecular formula is C15H14ClNO2. The van der Waals surface area contributed by atoms with E-state index in [2.05, 4.69) is 0 Å². The molecular weight excluding hydrogens is 262 g/mol. The molecule has 0 bridgehead atoms. The lowest BCUT2D eigenvalue weighted by atomic mass is 10.1. The van der Waals surface area contributed by atoms with E-state index in [0.717, 1.165) is 11.1 Å². The highest BCUT2D eigenvalue weighted by Crippen LogP contribution is 2.16. The smallest absolute Gasteiger partial charge is 0.310 e. The highest BCUT2D eigenvalue weighted by atomic mass is 35.5. The Morgan fingerprint density at radius 1 is 1.16 bits per heavy atom. The molecule has 0 radical (unpaired) electrons. The number of esters is 1. The summed E-state index contributed by atoms with van der Waals surface area (Å²) in [5.74, 6) is -0.300. The molecule has 0 saturated carbocycles. The predicted molar refractivity (Wildman–Crippen MR) is 75.8 cm³/mol. The summed E-state index contributed by atoms with van der Waals surface area (Å²) in [5.41, 5.74) is 7.92. The van der Waals surface area contributed by atoms with Gasteiger partial charge in [0.2, 0.25) is 0 Å². The van der Waals surface area contributed by atoms with Gasteiger partial charge in [-0.1, -0.05) is 41.9 Å². The average Bonchev–Trinajstić information content (AvgIpc) is 2.38. The number of carbonyl (C=O) groups is 1. The van der Waals surface area contributed by atoms with Gasteiger partial charge in [-0.15, -0.1) is 0 Å². The van der Waals surface area contributed by atoms with Crippen LogP contribution in [0.4, 0.5) is 5.69 Å². The van der Waals surface area contributed by atoms with E-state index in [1.165, 1.54) is 0 Å². The Labute approximate surface area is 117 Å². The molecule has 0 saturated heterocycles. The molecule has 4 heteroatoms. The lowest BCUT2D eigenvalue weighted by Gasteiger charge is -2.07. The van der Waals surface area contributed by atoms with Gasteiger partial charge in [0.1, 0.15) is 6.61 Å². The van der Waals surface area contributed by atoms with Crippen molar-refractivity contribution >= 4 is 23.3 Å². The van der Waals surface area contributed by atoms with E-state index in [0.29, 0.717) is 10.7 Å². The van der Waals surface area contributed by atoms with Crippen LogP contribution in [0.15, 0.2) is 48.5 Å². The third-order valence-electron chi connectivity index (χ3n) is 2.65. The van der Waals surface area contributed by atoms with Crippen molar-refractivity contribution < 1.29 is 9.53 Å². The molecule has 3 nitrogen and oxygen atoms in total. The van der Waals surface area contributed by atoms with Crippen LogP contribution in [0.3, 0.4) is 0 Å². The van der Waals surface area contributed by atoms with Crippen molar-refractivity contribution in [3.05, 3.63) is 64.7 Å². The number of rotatable bonds is 4. The number of ether oxygens (including phenoxy) is 1. The van der Waals surface area contributed by atoms with E-state index in [-0.39, 0.29) is 19.0 Å². The Hall–Kier alpha value is -2.00. The zero-order chi connectivity index (χ0) is 13.7. The number of nitrogens with two attached hydrogens (primary N) is 1. The molecule has 0 aromatic heterocycles. The maximum Gasteiger partial charge on any atom is 0.310 e. The molecule has 19 heavy (non-hydrogen) atoms. The van der Waals surface area contributed by atoms with E-state index in [9.17, 15) is 4.79 Å². The molecule has 2 rings (SSSR count). The fourth-order valence-corrected chi connectivity index (χ4v) is 1.88. The molecule has 2 aromatic rings. The SMILES string of the molecule is Nc1cccc(CC(=O)OCc2ccccc2Cl)c1. The largest absolute Gasteiger partial charge is 0.461 e. The minimum atomic E-state index is -0.300. The van der Waals surface area contributed by atoms with Gasteiger partial charge in [-0.3, -0.25) is 4.79 Å². The maximum absolute atomic E-state index is 11.7. The number of benzene rings is 2. The summed E-state index contributed by atoms with van der Waals surface area (Å²) in [6.45, 7) is 0.181. The minimum absolute atomic E-state index is 0.181. The lowest BCUT2D eigenvalue weighted by Crippen LogP contribution is -2.08. The van der Waals surface area contributed by atoms with Crippen LogP contribution >= 0.6 is 11.6 Å². The van der Waals surface area contributed by atoms with Gasteiger partial charge in [0.05, 0.1) is 6.42 Å². The lowest BCUT2D eigenvalue weighted by molar-refractivity contribution is -0.144. The molecule has 0 amide bonds. The minimum Gasteiger partial charge on any atom is -0.461 e. The second-order valence-corrected chi connectivity index (χ2v) is 4.58. The second-order valence-electron chi connectivity index (χ2n) is 4.17. The van der Waals surface area contributed by atoms with Gasteiger partial charge in [0.15, 0.2) is 0 Å². The van der Waals surface area contributed by atoms with Crippen molar-refractivity contribution in [1.29, 1.82) is 0 Å². The van der Waals surface area contributed by atoms with Crippen LogP contribution in [0.25, 0.3) is 0 Å². The summed E-state index contributed by atoms with van der Waals surface area (Å²) in [7, 11) is 0. The third kappa shape index (κ3) is 4.00. The van der Waals surface area contributed by atoms with Crippen LogP contribution in [0, 0.1) is 0 Å². The van der Waals surface area contributed by atoms with E-state index < -0.39 is 0 Å². The third-order valence-corrected chi connectivity index (χ3v) is 3.01. The Kier molecular flexibility index (Phi) is 4.42. The normalized spacial score (nSPS) is 10.2. The van der Waals surface area contributed by atoms with Crippen molar-refractivity contribution in [3.63, 3.8) is 0 Å². The van der Waals surface area contributed by atoms with Crippen LogP contribution in [-0.4, -0.2) is 5.97 Å². The predicted octanol–water partition coefficient (Wildman–Crippen LogP) is 3.21. The highest BCUT2D eigenvalue weighted by molar-refractivity contribution is 6.31. The fourth-order valence-electron chi connectivity index (χ4n) is 1.69. The Morgan fingerprint density at radius 3 is 2.68 bits per heavy atom. The maximum atomic E-state index is 11.7. The summed E-state index contributed by atoms with van der Waals surface area (Å²) in [5, 5.41) is 0.597. The Balaban J connectivity index is 1.90. The van der Waals surface area contributed by atoms with Crippen molar-refractivity contribution in [1.82, 2.24) is 0 Å². The van der Waals surface area contributed by atoms with E-state index >= 15 is 0 Å². The summed E-state index contributed by atoms with van der Waals surface area (Å²) in [6, 6.07) is 14.5. The first-order valence-corrected chi connectivity index (χ1v) is 6.26. The van der Waals surface area contributed by atoms with Gasteiger partial charge in [0.25, 0.3) is 0 Å². The van der Waals surface area contributed by atoms with Crippen molar-refractivity contribution in [2.45, 2.75) is 13.0 Å². The molecule has 0 aliphatic carbocycles.